The summed E-state index contributed by atoms with van der Waals surface area (Å²) in [6.45, 7) is 0. The van der Waals surface area contributed by atoms with E-state index in [9.17, 15) is 0 Å². The zero-order valence-corrected chi connectivity index (χ0v) is 7.06. The minimum atomic E-state index is 0. The Morgan fingerprint density at radius 1 is 0.600 bits per heavy atom. The van der Waals surface area contributed by atoms with Crippen LogP contribution in [-0.4, -0.2) is 12.2 Å². The highest BCUT2D eigenvalue weighted by molar-refractivity contribution is 5.26. The van der Waals surface area contributed by atoms with Crippen molar-refractivity contribution in [1.82, 2.24) is 0 Å². The highest BCUT2D eigenvalue weighted by atomic mass is 16.1. The first-order valence-corrected chi connectivity index (χ1v) is 3.91. The van der Waals surface area contributed by atoms with Crippen LogP contribution >= 0.6 is 0 Å². The van der Waals surface area contributed by atoms with Gasteiger partial charge in [-0.2, -0.15) is 0 Å². The van der Waals surface area contributed by atoms with E-state index in [4.69, 9.17) is 20.4 Å². The largest absolute Gasteiger partial charge is 0.231 e. The molecule has 92 valence electrons. The summed E-state index contributed by atoms with van der Waals surface area (Å²) in [6.07, 6.45) is 10.5. The molecule has 0 atom stereocenters. The van der Waals surface area contributed by atoms with E-state index in [1.165, 1.54) is 38.5 Å². The third kappa shape index (κ3) is 65.2. The lowest BCUT2D eigenvalue weighted by molar-refractivity contribution is 0.504. The van der Waals surface area contributed by atoms with Gasteiger partial charge in [-0.15, -0.1) is 0 Å². The van der Waals surface area contributed by atoms with Crippen molar-refractivity contribution in [2.45, 2.75) is 60.8 Å². The molecule has 1 rings (SSSR count). The summed E-state index contributed by atoms with van der Waals surface area (Å²) in [4.78, 5) is 16.7. The highest BCUT2D eigenvalue weighted by Gasteiger charge is 1.95. The Bertz CT molecular complexity index is 119. The third-order valence-corrected chi connectivity index (χ3v) is 1.50. The lowest BCUT2D eigenvalue weighted by Crippen LogP contribution is -1.85. The second kappa shape index (κ2) is 38.6. The molecule has 0 aromatic rings. The van der Waals surface area contributed by atoms with Crippen molar-refractivity contribution in [3.8, 4) is 0 Å². The molecule has 0 unspecified atom stereocenters. The lowest BCUT2D eigenvalue weighted by Gasteiger charge is -2.05. The summed E-state index contributed by atoms with van der Waals surface area (Å²) >= 11 is 0. The average Bonchev–Trinajstić information content (AvgIpc) is 2.10. The third-order valence-electron chi connectivity index (χ3n) is 1.50. The maximum atomic E-state index is 8.35. The van der Waals surface area contributed by atoms with Crippen LogP contribution in [0.1, 0.15) is 60.8 Å². The van der Waals surface area contributed by atoms with Crippen LogP contribution in [0.15, 0.2) is 0 Å². The van der Waals surface area contributed by atoms with Crippen LogP contribution < -0.4 is 0 Å². The summed E-state index contributed by atoms with van der Waals surface area (Å²) < 4.78 is 0. The fourth-order valence-corrected chi connectivity index (χ4v) is 1.06. The van der Waals surface area contributed by atoms with Crippen LogP contribution in [-0.2, 0) is 9.59 Å². The molecule has 0 bridgehead atoms. The molecule has 1 fully saturated rings. The van der Waals surface area contributed by atoms with Gasteiger partial charge in [0.05, 0.1) is 0 Å². The molecule has 1 aliphatic carbocycles. The first-order valence-electron chi connectivity index (χ1n) is 3.91. The Morgan fingerprint density at radius 2 is 0.667 bits per heavy atom. The molecule has 0 aromatic heterocycles. The standard InChI is InChI=1S/C6H12.2CHNO.3CH4/c1-2-4-6-5-3-1;2*2-1-3;;;/h1-6H2;2*2H;3*1H4. The number of isocyanates is 2. The Kier molecular flexibility index (Phi) is 75.2. The summed E-state index contributed by atoms with van der Waals surface area (Å²) in [5.41, 5.74) is 0. The van der Waals surface area contributed by atoms with Crippen molar-refractivity contribution < 1.29 is 9.59 Å². The summed E-state index contributed by atoms with van der Waals surface area (Å²) in [6, 6.07) is 0. The predicted octanol–water partition coefficient (Wildman–Crippen LogP) is 4.05. The van der Waals surface area contributed by atoms with Crippen LogP contribution in [0.2, 0.25) is 0 Å². The maximum absolute atomic E-state index is 8.35. The first-order chi connectivity index (χ1) is 5.83. The smallest absolute Gasteiger partial charge is 0.222 e. The van der Waals surface area contributed by atoms with Gasteiger partial charge in [0.1, 0.15) is 0 Å². The van der Waals surface area contributed by atoms with Crippen LogP contribution in [0, 0.1) is 10.8 Å². The van der Waals surface area contributed by atoms with Crippen molar-refractivity contribution in [1.29, 1.82) is 10.8 Å². The lowest BCUT2D eigenvalue weighted by atomic mass is 10.0. The molecule has 0 radical (unpaired) electrons. The van der Waals surface area contributed by atoms with E-state index in [0.717, 1.165) is 12.2 Å². The monoisotopic (exact) mass is 218 g/mol. The van der Waals surface area contributed by atoms with Gasteiger partial charge < -0.3 is 0 Å². The fraction of sp³-hybridized carbons (Fsp3) is 0.818. The van der Waals surface area contributed by atoms with Crippen molar-refractivity contribution in [3.05, 3.63) is 0 Å². The van der Waals surface area contributed by atoms with Crippen LogP contribution in [0.4, 0.5) is 0 Å². The minimum absolute atomic E-state index is 0. The van der Waals surface area contributed by atoms with Gasteiger partial charge in [0.2, 0.25) is 12.2 Å². The molecule has 1 saturated carbocycles. The normalized spacial score (nSPS) is 10.7. The Morgan fingerprint density at radius 3 is 0.733 bits per heavy atom. The molecule has 15 heavy (non-hydrogen) atoms. The Hall–Kier alpha value is -1.24. The van der Waals surface area contributed by atoms with E-state index in [1.807, 2.05) is 0 Å². The summed E-state index contributed by atoms with van der Waals surface area (Å²) in [5.74, 6) is 0. The Labute approximate surface area is 94.1 Å². The van der Waals surface area contributed by atoms with Gasteiger partial charge in [0.25, 0.3) is 0 Å². The van der Waals surface area contributed by atoms with E-state index < -0.39 is 0 Å². The van der Waals surface area contributed by atoms with E-state index >= 15 is 0 Å². The van der Waals surface area contributed by atoms with Crippen molar-refractivity contribution in [3.63, 3.8) is 0 Å². The number of nitrogens with one attached hydrogen (secondary N) is 2. The van der Waals surface area contributed by atoms with Gasteiger partial charge in [-0.1, -0.05) is 60.8 Å². The first kappa shape index (κ1) is 29.2. The molecule has 0 amide bonds. The molecular formula is C11H26N2O2. The highest BCUT2D eigenvalue weighted by Crippen LogP contribution is 2.15. The maximum Gasteiger partial charge on any atom is 0.231 e. The van der Waals surface area contributed by atoms with Gasteiger partial charge >= 0.3 is 0 Å². The van der Waals surface area contributed by atoms with E-state index in [0.29, 0.717) is 0 Å². The number of hydrogen-bond donors (Lipinski definition) is 2. The molecular weight excluding hydrogens is 192 g/mol. The predicted molar refractivity (Wildman–Crippen MR) is 64.7 cm³/mol. The molecule has 0 aliphatic heterocycles. The van der Waals surface area contributed by atoms with Crippen LogP contribution in [0.25, 0.3) is 0 Å². The van der Waals surface area contributed by atoms with Gasteiger partial charge in [-0.25, -0.2) is 20.4 Å². The molecule has 0 spiro atoms. The van der Waals surface area contributed by atoms with Crippen molar-refractivity contribution in [2.75, 3.05) is 0 Å². The number of hydrogen-bond acceptors (Lipinski definition) is 4. The quantitative estimate of drug-likeness (QED) is 0.475. The minimum Gasteiger partial charge on any atom is -0.222 e. The van der Waals surface area contributed by atoms with Crippen molar-refractivity contribution in [2.24, 2.45) is 0 Å². The molecule has 0 aromatic carbocycles. The summed E-state index contributed by atoms with van der Waals surface area (Å²) in [5, 5.41) is 10.8. The molecule has 2 N–H and O–H groups in total. The van der Waals surface area contributed by atoms with Gasteiger partial charge in [-0.3, -0.25) is 0 Å². The topological polar surface area (TPSA) is 81.8 Å². The van der Waals surface area contributed by atoms with Crippen molar-refractivity contribution >= 4 is 12.2 Å². The number of carbonyl (C=O) groups excluding carboxylic acids is 2. The van der Waals surface area contributed by atoms with Crippen LogP contribution in [0.3, 0.4) is 0 Å². The molecule has 0 saturated heterocycles. The van der Waals surface area contributed by atoms with Gasteiger partial charge in [-0.05, 0) is 0 Å². The average molecular weight is 218 g/mol. The molecule has 0 heterocycles. The zero-order chi connectivity index (χ0) is 9.66. The van der Waals surface area contributed by atoms with Crippen LogP contribution in [0.5, 0.6) is 0 Å². The SMILES string of the molecule is C.C.C.C1CCCCC1.N=C=O.N=C=O. The molecule has 4 nitrogen and oxygen atoms in total. The fourth-order valence-electron chi connectivity index (χ4n) is 1.06. The zero-order valence-electron chi connectivity index (χ0n) is 7.06. The van der Waals surface area contributed by atoms with Gasteiger partial charge in [0, 0.05) is 0 Å². The molecule has 1 aliphatic rings. The molecule has 4 heteroatoms. The van der Waals surface area contributed by atoms with E-state index in [-0.39, 0.29) is 22.3 Å². The Balaban J connectivity index is -0.0000000333. The van der Waals surface area contributed by atoms with E-state index in [1.54, 1.807) is 0 Å². The second-order valence-electron chi connectivity index (χ2n) is 2.33. The van der Waals surface area contributed by atoms with E-state index in [2.05, 4.69) is 0 Å². The number of rotatable bonds is 0. The van der Waals surface area contributed by atoms with Gasteiger partial charge in [0.15, 0.2) is 0 Å². The second-order valence-corrected chi connectivity index (χ2v) is 2.33. The summed E-state index contributed by atoms with van der Waals surface area (Å²) in [7, 11) is 0.